The summed E-state index contributed by atoms with van der Waals surface area (Å²) >= 11 is 0. The minimum Gasteiger partial charge on any atom is -0.491 e. The van der Waals surface area contributed by atoms with Crippen LogP contribution in [0.1, 0.15) is 26.3 Å². The van der Waals surface area contributed by atoms with Gasteiger partial charge in [0.2, 0.25) is 0 Å². The molecule has 1 aromatic carbocycles. The molecule has 0 aromatic heterocycles. The van der Waals surface area contributed by atoms with E-state index in [1.165, 1.54) is 5.56 Å². The smallest absolute Gasteiger partial charge is 0.329 e. The lowest BCUT2D eigenvalue weighted by atomic mass is 10.1. The number of nitrogens with two attached hydrogens (primary N) is 1. The molecule has 1 atom stereocenters. The van der Waals surface area contributed by atoms with Crippen LogP contribution in [0.4, 0.5) is 0 Å². The Morgan fingerprint density at radius 2 is 1.89 bits per heavy atom. The van der Waals surface area contributed by atoms with Crippen LogP contribution in [0, 0.1) is 0 Å². The van der Waals surface area contributed by atoms with Gasteiger partial charge in [0.25, 0.3) is 0 Å². The Labute approximate surface area is 108 Å². The van der Waals surface area contributed by atoms with Crippen LogP contribution in [-0.4, -0.2) is 24.7 Å². The molecule has 0 aliphatic carbocycles. The molecule has 1 aromatic rings. The molecule has 0 fully saturated rings. The number of carbonyl (C=O) groups is 1. The minimum absolute atomic E-state index is 0.0945. The van der Waals surface area contributed by atoms with Gasteiger partial charge in [0.15, 0.2) is 0 Å². The van der Waals surface area contributed by atoms with E-state index >= 15 is 0 Å². The van der Waals surface area contributed by atoms with Crippen LogP contribution in [0.15, 0.2) is 24.3 Å². The highest BCUT2D eigenvalue weighted by Gasteiger charge is 2.31. The third kappa shape index (κ3) is 4.04. The lowest BCUT2D eigenvalue weighted by molar-refractivity contribution is -0.150. The molecule has 4 nitrogen and oxygen atoms in total. The fourth-order valence-electron chi connectivity index (χ4n) is 1.41. The monoisotopic (exact) mass is 251 g/mol. The van der Waals surface area contributed by atoms with E-state index in [-0.39, 0.29) is 6.61 Å². The summed E-state index contributed by atoms with van der Waals surface area (Å²) in [5.74, 6) is 0.253. The van der Waals surface area contributed by atoms with Crippen LogP contribution < -0.4 is 10.5 Å². The fraction of sp³-hybridized carbons (Fsp3) is 0.500. The molecule has 100 valence electrons. The summed E-state index contributed by atoms with van der Waals surface area (Å²) in [6.07, 6.45) is 0.984. The summed E-state index contributed by atoms with van der Waals surface area (Å²) in [4.78, 5) is 11.6. The van der Waals surface area contributed by atoms with Gasteiger partial charge in [-0.05, 0) is 38.0 Å². The SMILES string of the molecule is CCOC(=O)C(C)(N)COc1ccc(CC)cc1. The second-order valence-corrected chi connectivity index (χ2v) is 4.42. The summed E-state index contributed by atoms with van der Waals surface area (Å²) in [5.41, 5.74) is 5.96. The van der Waals surface area contributed by atoms with Crippen molar-refractivity contribution < 1.29 is 14.3 Å². The van der Waals surface area contributed by atoms with Crippen molar-refractivity contribution in [2.75, 3.05) is 13.2 Å². The van der Waals surface area contributed by atoms with Gasteiger partial charge in [-0.3, -0.25) is 0 Å². The molecule has 1 unspecified atom stereocenters. The number of hydrogen-bond acceptors (Lipinski definition) is 4. The third-order valence-corrected chi connectivity index (χ3v) is 2.61. The van der Waals surface area contributed by atoms with Crippen LogP contribution >= 0.6 is 0 Å². The molecule has 0 radical (unpaired) electrons. The number of esters is 1. The van der Waals surface area contributed by atoms with E-state index in [0.29, 0.717) is 12.4 Å². The van der Waals surface area contributed by atoms with Crippen molar-refractivity contribution in [3.63, 3.8) is 0 Å². The van der Waals surface area contributed by atoms with Gasteiger partial charge in [-0.2, -0.15) is 0 Å². The molecule has 0 spiro atoms. The van der Waals surface area contributed by atoms with Crippen LogP contribution in [0.25, 0.3) is 0 Å². The predicted molar refractivity (Wildman–Crippen MR) is 70.5 cm³/mol. The summed E-state index contributed by atoms with van der Waals surface area (Å²) < 4.78 is 10.4. The molecule has 2 N–H and O–H groups in total. The highest BCUT2D eigenvalue weighted by Crippen LogP contribution is 2.14. The van der Waals surface area contributed by atoms with Gasteiger partial charge in [-0.25, -0.2) is 4.79 Å². The van der Waals surface area contributed by atoms with Crippen molar-refractivity contribution in [1.82, 2.24) is 0 Å². The first-order valence-electron chi connectivity index (χ1n) is 6.17. The van der Waals surface area contributed by atoms with Crippen molar-refractivity contribution in [3.05, 3.63) is 29.8 Å². The van der Waals surface area contributed by atoms with Crippen LogP contribution in [-0.2, 0) is 16.0 Å². The molecule has 0 amide bonds. The standard InChI is InChI=1S/C14H21NO3/c1-4-11-6-8-12(9-7-11)18-10-14(3,15)13(16)17-5-2/h6-9H,4-5,10,15H2,1-3H3. The molecule has 4 heteroatoms. The van der Waals surface area contributed by atoms with E-state index in [9.17, 15) is 4.79 Å². The summed E-state index contributed by atoms with van der Waals surface area (Å²) in [6, 6.07) is 7.74. The van der Waals surface area contributed by atoms with Crippen molar-refractivity contribution >= 4 is 5.97 Å². The Morgan fingerprint density at radius 3 is 2.39 bits per heavy atom. The minimum atomic E-state index is -1.13. The highest BCUT2D eigenvalue weighted by atomic mass is 16.5. The van der Waals surface area contributed by atoms with E-state index in [2.05, 4.69) is 6.92 Å². The van der Waals surface area contributed by atoms with Crippen molar-refractivity contribution in [3.8, 4) is 5.75 Å². The first-order valence-corrected chi connectivity index (χ1v) is 6.17. The number of rotatable bonds is 6. The maximum atomic E-state index is 11.6. The zero-order valence-corrected chi connectivity index (χ0v) is 11.2. The normalized spacial score (nSPS) is 13.8. The Kier molecular flexibility index (Phi) is 5.16. The van der Waals surface area contributed by atoms with E-state index < -0.39 is 11.5 Å². The average Bonchev–Trinajstić information content (AvgIpc) is 2.37. The van der Waals surface area contributed by atoms with Gasteiger partial charge in [0, 0.05) is 0 Å². The van der Waals surface area contributed by atoms with Gasteiger partial charge in [-0.1, -0.05) is 19.1 Å². The first-order chi connectivity index (χ1) is 8.49. The highest BCUT2D eigenvalue weighted by molar-refractivity contribution is 5.80. The number of hydrogen-bond donors (Lipinski definition) is 1. The van der Waals surface area contributed by atoms with E-state index in [1.807, 2.05) is 24.3 Å². The zero-order chi connectivity index (χ0) is 13.6. The summed E-state index contributed by atoms with van der Waals surface area (Å²) in [5, 5.41) is 0. The van der Waals surface area contributed by atoms with Crippen LogP contribution in [0.3, 0.4) is 0 Å². The van der Waals surface area contributed by atoms with Crippen molar-refractivity contribution in [2.24, 2.45) is 5.73 Å². The quantitative estimate of drug-likeness (QED) is 0.784. The maximum absolute atomic E-state index is 11.6. The summed E-state index contributed by atoms with van der Waals surface area (Å²) in [7, 11) is 0. The number of ether oxygens (including phenoxy) is 2. The second kappa shape index (κ2) is 6.40. The predicted octanol–water partition coefficient (Wildman–Crippen LogP) is 1.91. The first kappa shape index (κ1) is 14.5. The van der Waals surface area contributed by atoms with Gasteiger partial charge >= 0.3 is 5.97 Å². The molecule has 0 bridgehead atoms. The average molecular weight is 251 g/mol. The lowest BCUT2D eigenvalue weighted by Crippen LogP contribution is -2.51. The maximum Gasteiger partial charge on any atom is 0.329 e. The molecule has 0 heterocycles. The fourth-order valence-corrected chi connectivity index (χ4v) is 1.41. The largest absolute Gasteiger partial charge is 0.491 e. The van der Waals surface area contributed by atoms with Crippen molar-refractivity contribution in [2.45, 2.75) is 32.7 Å². The molecule has 0 aliphatic rings. The third-order valence-electron chi connectivity index (χ3n) is 2.61. The molecular formula is C14H21NO3. The van der Waals surface area contributed by atoms with Gasteiger partial charge in [0.1, 0.15) is 17.9 Å². The molecule has 18 heavy (non-hydrogen) atoms. The van der Waals surface area contributed by atoms with Gasteiger partial charge in [-0.15, -0.1) is 0 Å². The number of benzene rings is 1. The molecular weight excluding hydrogens is 230 g/mol. The molecule has 0 saturated heterocycles. The second-order valence-electron chi connectivity index (χ2n) is 4.42. The number of carbonyl (C=O) groups excluding carboxylic acids is 1. The van der Waals surface area contributed by atoms with Gasteiger partial charge in [0.05, 0.1) is 6.61 Å². The van der Waals surface area contributed by atoms with E-state index in [0.717, 1.165) is 6.42 Å². The summed E-state index contributed by atoms with van der Waals surface area (Å²) in [6.45, 7) is 5.85. The van der Waals surface area contributed by atoms with E-state index in [4.69, 9.17) is 15.2 Å². The molecule has 0 saturated carbocycles. The number of aryl methyl sites for hydroxylation is 1. The zero-order valence-electron chi connectivity index (χ0n) is 11.2. The van der Waals surface area contributed by atoms with Crippen LogP contribution in [0.5, 0.6) is 5.75 Å². The van der Waals surface area contributed by atoms with Gasteiger partial charge < -0.3 is 15.2 Å². The Bertz CT molecular complexity index is 385. The Hall–Kier alpha value is -1.55. The van der Waals surface area contributed by atoms with E-state index in [1.54, 1.807) is 13.8 Å². The molecule has 0 aliphatic heterocycles. The Balaban J connectivity index is 2.55. The van der Waals surface area contributed by atoms with Crippen LogP contribution in [0.2, 0.25) is 0 Å². The van der Waals surface area contributed by atoms with Crippen molar-refractivity contribution in [1.29, 1.82) is 0 Å². The Morgan fingerprint density at radius 1 is 1.28 bits per heavy atom. The topological polar surface area (TPSA) is 61.5 Å². The lowest BCUT2D eigenvalue weighted by Gasteiger charge is -2.22. The molecule has 1 rings (SSSR count).